The van der Waals surface area contributed by atoms with Crippen LogP contribution in [-0.2, 0) is 16.0 Å². The molecule has 1 amide bonds. The largest absolute Gasteiger partial charge is 0.385 e. The van der Waals surface area contributed by atoms with Crippen molar-refractivity contribution < 1.29 is 9.53 Å². The minimum Gasteiger partial charge on any atom is -0.385 e. The number of ether oxygens (including phenoxy) is 1. The van der Waals surface area contributed by atoms with Crippen molar-refractivity contribution in [2.45, 2.75) is 19.3 Å². The number of amides is 1. The van der Waals surface area contributed by atoms with Crippen LogP contribution in [-0.4, -0.2) is 19.6 Å². The van der Waals surface area contributed by atoms with Crippen LogP contribution in [0, 0.1) is 5.92 Å². The van der Waals surface area contributed by atoms with Gasteiger partial charge >= 0.3 is 0 Å². The van der Waals surface area contributed by atoms with Gasteiger partial charge in [0.2, 0.25) is 5.91 Å². The Bertz CT molecular complexity index is 311. The Morgan fingerprint density at radius 2 is 2.00 bits per heavy atom. The van der Waals surface area contributed by atoms with Gasteiger partial charge in [0.25, 0.3) is 0 Å². The Morgan fingerprint density at radius 1 is 1.31 bits per heavy atom. The Hall–Kier alpha value is -1.35. The third-order valence-electron chi connectivity index (χ3n) is 2.70. The average Bonchev–Trinajstić information content (AvgIpc) is 2.30. The van der Waals surface area contributed by atoms with Gasteiger partial charge in [0.05, 0.1) is 0 Å². The van der Waals surface area contributed by atoms with E-state index in [9.17, 15) is 4.79 Å². The third kappa shape index (κ3) is 4.45. The second-order valence-electron chi connectivity index (χ2n) is 3.91. The number of carbonyl (C=O) groups excluding carboxylic acids is 1. The summed E-state index contributed by atoms with van der Waals surface area (Å²) in [6, 6.07) is 10.1. The van der Waals surface area contributed by atoms with Crippen LogP contribution in [0.3, 0.4) is 0 Å². The normalized spacial score (nSPS) is 12.3. The van der Waals surface area contributed by atoms with E-state index in [-0.39, 0.29) is 11.8 Å². The monoisotopic (exact) mass is 221 g/mol. The molecule has 0 radical (unpaired) electrons. The van der Waals surface area contributed by atoms with Crippen LogP contribution in [0.4, 0.5) is 0 Å². The first kappa shape index (κ1) is 12.7. The lowest BCUT2D eigenvalue weighted by Crippen LogP contribution is -2.25. The maximum absolute atomic E-state index is 11.2. The highest BCUT2D eigenvalue weighted by Crippen LogP contribution is 2.13. The number of methoxy groups -OCH3 is 1. The molecule has 1 unspecified atom stereocenters. The fourth-order valence-corrected chi connectivity index (χ4v) is 1.67. The molecule has 0 saturated carbocycles. The predicted octanol–water partition coefficient (Wildman–Crippen LogP) is 1.76. The first-order valence-corrected chi connectivity index (χ1v) is 5.56. The molecule has 1 aromatic carbocycles. The summed E-state index contributed by atoms with van der Waals surface area (Å²) in [6.07, 6.45) is 2.39. The quantitative estimate of drug-likeness (QED) is 0.762. The van der Waals surface area contributed by atoms with Gasteiger partial charge < -0.3 is 10.5 Å². The molecule has 88 valence electrons. The van der Waals surface area contributed by atoms with Crippen LogP contribution < -0.4 is 5.73 Å². The molecule has 16 heavy (non-hydrogen) atoms. The number of rotatable bonds is 7. The van der Waals surface area contributed by atoms with Gasteiger partial charge in [-0.15, -0.1) is 0 Å². The summed E-state index contributed by atoms with van der Waals surface area (Å²) in [5.41, 5.74) is 6.59. The number of carbonyl (C=O) groups is 1. The Kier molecular flexibility index (Phi) is 5.57. The molecule has 1 aromatic rings. The van der Waals surface area contributed by atoms with Crippen molar-refractivity contribution >= 4 is 5.91 Å². The van der Waals surface area contributed by atoms with Gasteiger partial charge in [0.15, 0.2) is 0 Å². The van der Waals surface area contributed by atoms with E-state index in [1.165, 1.54) is 5.56 Å². The third-order valence-corrected chi connectivity index (χ3v) is 2.70. The van der Waals surface area contributed by atoms with Crippen LogP contribution in [0.15, 0.2) is 30.3 Å². The lowest BCUT2D eigenvalue weighted by Gasteiger charge is -2.12. The van der Waals surface area contributed by atoms with Gasteiger partial charge in [0.1, 0.15) is 0 Å². The minimum atomic E-state index is -0.229. The molecule has 2 N–H and O–H groups in total. The van der Waals surface area contributed by atoms with Crippen molar-refractivity contribution in [3.8, 4) is 0 Å². The maximum Gasteiger partial charge on any atom is 0.220 e. The van der Waals surface area contributed by atoms with Crippen molar-refractivity contribution in [1.82, 2.24) is 0 Å². The first-order chi connectivity index (χ1) is 7.74. The topological polar surface area (TPSA) is 52.3 Å². The van der Waals surface area contributed by atoms with E-state index in [1.807, 2.05) is 18.2 Å². The zero-order valence-electron chi connectivity index (χ0n) is 9.69. The van der Waals surface area contributed by atoms with Crippen molar-refractivity contribution in [2.75, 3.05) is 13.7 Å². The number of hydrogen-bond donors (Lipinski definition) is 1. The lowest BCUT2D eigenvalue weighted by atomic mass is 9.96. The number of primary amides is 1. The maximum atomic E-state index is 11.2. The van der Waals surface area contributed by atoms with E-state index >= 15 is 0 Å². The summed E-state index contributed by atoms with van der Waals surface area (Å²) in [5.74, 6) is -0.312. The summed E-state index contributed by atoms with van der Waals surface area (Å²) >= 11 is 0. The van der Waals surface area contributed by atoms with E-state index in [1.54, 1.807) is 7.11 Å². The molecule has 0 saturated heterocycles. The molecule has 1 rings (SSSR count). The molecular weight excluding hydrogens is 202 g/mol. The van der Waals surface area contributed by atoms with Gasteiger partial charge in [-0.1, -0.05) is 30.3 Å². The second-order valence-corrected chi connectivity index (χ2v) is 3.91. The average molecular weight is 221 g/mol. The molecule has 0 fully saturated rings. The van der Waals surface area contributed by atoms with Crippen LogP contribution in [0.1, 0.15) is 18.4 Å². The molecule has 1 atom stereocenters. The number of hydrogen-bond acceptors (Lipinski definition) is 2. The minimum absolute atomic E-state index is 0.0832. The molecule has 0 heterocycles. The fraction of sp³-hybridized carbons (Fsp3) is 0.462. The van der Waals surface area contributed by atoms with Crippen molar-refractivity contribution in [3.05, 3.63) is 35.9 Å². The summed E-state index contributed by atoms with van der Waals surface area (Å²) in [7, 11) is 1.63. The van der Waals surface area contributed by atoms with E-state index in [2.05, 4.69) is 12.1 Å². The van der Waals surface area contributed by atoms with Gasteiger partial charge in [0, 0.05) is 19.6 Å². The second kappa shape index (κ2) is 7.01. The van der Waals surface area contributed by atoms with Crippen LogP contribution in [0.2, 0.25) is 0 Å². The van der Waals surface area contributed by atoms with Gasteiger partial charge in [-0.2, -0.15) is 0 Å². The Labute approximate surface area is 96.6 Å². The van der Waals surface area contributed by atoms with Gasteiger partial charge in [-0.3, -0.25) is 4.79 Å². The van der Waals surface area contributed by atoms with E-state index in [0.29, 0.717) is 13.0 Å². The zero-order chi connectivity index (χ0) is 11.8. The molecule has 0 aliphatic carbocycles. The summed E-state index contributed by atoms with van der Waals surface area (Å²) < 4.78 is 4.97. The molecule has 3 heteroatoms. The highest BCUT2D eigenvalue weighted by Gasteiger charge is 2.14. The van der Waals surface area contributed by atoms with E-state index in [4.69, 9.17) is 10.5 Å². The highest BCUT2D eigenvalue weighted by molar-refractivity contribution is 5.76. The first-order valence-electron chi connectivity index (χ1n) is 5.56. The van der Waals surface area contributed by atoms with Gasteiger partial charge in [-0.05, 0) is 24.8 Å². The fourth-order valence-electron chi connectivity index (χ4n) is 1.67. The molecule has 0 spiro atoms. The van der Waals surface area contributed by atoms with Crippen LogP contribution in [0.5, 0.6) is 0 Å². The number of benzene rings is 1. The molecular formula is C13H19NO2. The van der Waals surface area contributed by atoms with E-state index in [0.717, 1.165) is 12.8 Å². The molecule has 0 aromatic heterocycles. The molecule has 0 aliphatic heterocycles. The summed E-state index contributed by atoms with van der Waals surface area (Å²) in [4.78, 5) is 11.2. The Balaban J connectivity index is 2.41. The van der Waals surface area contributed by atoms with Crippen LogP contribution >= 0.6 is 0 Å². The van der Waals surface area contributed by atoms with Crippen molar-refractivity contribution in [3.63, 3.8) is 0 Å². The van der Waals surface area contributed by atoms with Crippen molar-refractivity contribution in [2.24, 2.45) is 11.7 Å². The molecule has 3 nitrogen and oxygen atoms in total. The molecule has 0 bridgehead atoms. The smallest absolute Gasteiger partial charge is 0.220 e. The number of nitrogens with two attached hydrogens (primary N) is 1. The van der Waals surface area contributed by atoms with Crippen LogP contribution in [0.25, 0.3) is 0 Å². The van der Waals surface area contributed by atoms with Crippen molar-refractivity contribution in [1.29, 1.82) is 0 Å². The summed E-state index contributed by atoms with van der Waals surface area (Å²) in [6.45, 7) is 0.586. The lowest BCUT2D eigenvalue weighted by molar-refractivity contribution is -0.122. The Morgan fingerprint density at radius 3 is 2.56 bits per heavy atom. The zero-order valence-corrected chi connectivity index (χ0v) is 9.69. The number of aryl methyl sites for hydroxylation is 1. The van der Waals surface area contributed by atoms with E-state index < -0.39 is 0 Å². The summed E-state index contributed by atoms with van der Waals surface area (Å²) in [5, 5.41) is 0. The SMILES string of the molecule is COCCC(CCc1ccccc1)C(N)=O. The highest BCUT2D eigenvalue weighted by atomic mass is 16.5. The van der Waals surface area contributed by atoms with Gasteiger partial charge in [-0.25, -0.2) is 0 Å². The standard InChI is InChI=1S/C13H19NO2/c1-16-10-9-12(13(14)15)8-7-11-5-3-2-4-6-11/h2-6,12H,7-10H2,1H3,(H2,14,15). The predicted molar refractivity (Wildman–Crippen MR) is 63.9 cm³/mol. The molecule has 0 aliphatic rings.